The van der Waals surface area contributed by atoms with Crippen LogP contribution in [-0.2, 0) is 24.8 Å². The van der Waals surface area contributed by atoms with Gasteiger partial charge in [0.2, 0.25) is 5.91 Å². The zero-order chi connectivity index (χ0) is 32.7. The molecule has 1 N–H and O–H groups in total. The molecule has 10 heteroatoms. The van der Waals surface area contributed by atoms with Crippen LogP contribution in [0.2, 0.25) is 0 Å². The quantitative estimate of drug-likeness (QED) is 0.240. The fourth-order valence-corrected chi connectivity index (χ4v) is 6.28. The Kier molecular flexibility index (Phi) is 8.19. The van der Waals surface area contributed by atoms with Crippen molar-refractivity contribution >= 4 is 49.8 Å². The molecule has 2 aromatic heterocycles. The van der Waals surface area contributed by atoms with Crippen molar-refractivity contribution in [2.24, 2.45) is 0 Å². The lowest BCUT2D eigenvalue weighted by Gasteiger charge is -2.27. The average Bonchev–Trinajstić information content (AvgIpc) is 3.22. The molecule has 4 aromatic rings. The fourth-order valence-electron chi connectivity index (χ4n) is 5.57. The Morgan fingerprint density at radius 2 is 1.76 bits per heavy atom. The van der Waals surface area contributed by atoms with Gasteiger partial charge in [-0.15, -0.1) is 0 Å². The van der Waals surface area contributed by atoms with Gasteiger partial charge in [-0.2, -0.15) is 0 Å². The van der Waals surface area contributed by atoms with Crippen molar-refractivity contribution in [3.63, 3.8) is 0 Å². The predicted molar refractivity (Wildman–Crippen MR) is 176 cm³/mol. The number of nitrogens with one attached hydrogen (secondary N) is 1. The smallest absolute Gasteiger partial charge is 0.421 e. The van der Waals surface area contributed by atoms with Crippen molar-refractivity contribution in [3.05, 3.63) is 83.3 Å². The van der Waals surface area contributed by atoms with Gasteiger partial charge in [0.25, 0.3) is 0 Å². The molecule has 0 bridgehead atoms. The van der Waals surface area contributed by atoms with Gasteiger partial charge in [0.1, 0.15) is 17.1 Å². The number of hydrogen-bond donors (Lipinski definition) is 1. The Balaban J connectivity index is 1.51. The Morgan fingerprint density at radius 1 is 1.02 bits per heavy atom. The summed E-state index contributed by atoms with van der Waals surface area (Å²) in [5.74, 6) is 6.59. The van der Waals surface area contributed by atoms with Crippen LogP contribution in [0.15, 0.2) is 65.8 Å². The lowest BCUT2D eigenvalue weighted by atomic mass is 9.77. The fraction of sp³-hybridized carbons (Fsp3) is 0.314. The minimum atomic E-state index is -3.32. The van der Waals surface area contributed by atoms with E-state index in [0.717, 1.165) is 32.5 Å². The minimum Gasteiger partial charge on any atom is -0.443 e. The van der Waals surface area contributed by atoms with Gasteiger partial charge in [0, 0.05) is 40.7 Å². The van der Waals surface area contributed by atoms with Crippen molar-refractivity contribution in [2.45, 2.75) is 70.3 Å². The van der Waals surface area contributed by atoms with E-state index in [1.807, 2.05) is 45.0 Å². The molecule has 0 atom stereocenters. The number of anilines is 3. The number of nitrogens with zero attached hydrogens (tertiary/aromatic N) is 3. The summed E-state index contributed by atoms with van der Waals surface area (Å²) in [5.41, 5.74) is 2.34. The second-order valence-corrected chi connectivity index (χ2v) is 14.2. The predicted octanol–water partition coefficient (Wildman–Crippen LogP) is 6.82. The molecule has 1 aliphatic heterocycles. The van der Waals surface area contributed by atoms with Gasteiger partial charge in [-0.25, -0.2) is 28.1 Å². The van der Waals surface area contributed by atoms with Gasteiger partial charge in [0.05, 0.1) is 16.0 Å². The summed E-state index contributed by atoms with van der Waals surface area (Å²) in [7, 11) is -3.32. The van der Waals surface area contributed by atoms with Crippen LogP contribution < -0.4 is 10.2 Å². The van der Waals surface area contributed by atoms with E-state index in [0.29, 0.717) is 35.6 Å². The molecule has 0 spiro atoms. The monoisotopic (exact) mass is 624 g/mol. The molecule has 45 heavy (non-hydrogen) atoms. The molecule has 0 radical (unpaired) electrons. The number of imide groups is 1. The number of carbonyl (C=O) groups is 2. The first kappa shape index (κ1) is 31.7. The molecule has 2 amide bonds. The summed E-state index contributed by atoms with van der Waals surface area (Å²) in [6.45, 7) is 11.0. The van der Waals surface area contributed by atoms with E-state index in [9.17, 15) is 18.0 Å². The molecule has 232 valence electrons. The number of ether oxygens (including phenoxy) is 1. The van der Waals surface area contributed by atoms with E-state index in [1.54, 1.807) is 57.4 Å². The van der Waals surface area contributed by atoms with Gasteiger partial charge in [0.15, 0.2) is 9.84 Å². The van der Waals surface area contributed by atoms with E-state index in [-0.39, 0.29) is 10.8 Å². The Hall–Kier alpha value is -4.75. The normalized spacial score (nSPS) is 14.1. The number of pyridine rings is 2. The molecule has 2 aromatic carbocycles. The third-order valence-corrected chi connectivity index (χ3v) is 9.12. The van der Waals surface area contributed by atoms with Crippen LogP contribution in [0.4, 0.5) is 22.0 Å². The summed E-state index contributed by atoms with van der Waals surface area (Å²) in [5, 5.41) is 4.88. The van der Waals surface area contributed by atoms with Gasteiger partial charge < -0.3 is 10.1 Å². The molecule has 9 nitrogen and oxygen atoms in total. The zero-order valence-corrected chi connectivity index (χ0v) is 27.3. The number of aryl methyl sites for hydroxylation is 1. The molecule has 5 rings (SSSR count). The summed E-state index contributed by atoms with van der Waals surface area (Å²) in [6, 6.07) is 14.1. The van der Waals surface area contributed by atoms with Crippen molar-refractivity contribution in [1.82, 2.24) is 9.97 Å². The first-order valence-electron chi connectivity index (χ1n) is 14.7. The third-order valence-electron chi connectivity index (χ3n) is 8.01. The standard InChI is InChI=1S/C35H36N4O5S/c1-8-35(9-2)27-13-10-23(19-30(27)39(32(35)40)33(41)44-34(4,5)6)11-14-29-26-20-31(37-21-24(26)16-17-36-29)38-28-15-12-25(18-22(28)3)45(7,42)43/h10,12-13,15-21H,8-9H2,1-7H3,(H,37,38). The number of benzene rings is 2. The Morgan fingerprint density at radius 3 is 2.40 bits per heavy atom. The van der Waals surface area contributed by atoms with E-state index in [1.165, 1.54) is 6.26 Å². The van der Waals surface area contributed by atoms with Crippen molar-refractivity contribution in [3.8, 4) is 11.8 Å². The SMILES string of the molecule is CCC1(CC)C(=O)N(C(=O)OC(C)(C)C)c2cc(C#Cc3nccc4cnc(Nc5ccc(S(C)(=O)=O)cc5C)cc34)ccc21. The van der Waals surface area contributed by atoms with Crippen LogP contribution in [0, 0.1) is 18.8 Å². The third kappa shape index (κ3) is 6.13. The highest BCUT2D eigenvalue weighted by Crippen LogP contribution is 2.47. The topological polar surface area (TPSA) is 119 Å². The zero-order valence-electron chi connectivity index (χ0n) is 26.5. The van der Waals surface area contributed by atoms with Crippen LogP contribution in [0.25, 0.3) is 10.8 Å². The lowest BCUT2D eigenvalue weighted by molar-refractivity contribution is -0.123. The molecule has 1 aliphatic rings. The van der Waals surface area contributed by atoms with Crippen LogP contribution in [0.1, 0.15) is 69.8 Å². The van der Waals surface area contributed by atoms with Crippen LogP contribution in [0.3, 0.4) is 0 Å². The van der Waals surface area contributed by atoms with E-state index in [4.69, 9.17) is 4.74 Å². The maximum absolute atomic E-state index is 13.7. The number of amides is 2. The minimum absolute atomic E-state index is 0.249. The van der Waals surface area contributed by atoms with E-state index < -0.39 is 26.9 Å². The van der Waals surface area contributed by atoms with Crippen molar-refractivity contribution < 1.29 is 22.7 Å². The lowest BCUT2D eigenvalue weighted by Crippen LogP contribution is -2.44. The number of hydrogen-bond acceptors (Lipinski definition) is 8. The number of sulfone groups is 1. The van der Waals surface area contributed by atoms with Crippen LogP contribution in [0.5, 0.6) is 0 Å². The molecule has 3 heterocycles. The van der Waals surface area contributed by atoms with Gasteiger partial charge in [-0.1, -0.05) is 25.8 Å². The highest BCUT2D eigenvalue weighted by molar-refractivity contribution is 7.90. The van der Waals surface area contributed by atoms with Crippen molar-refractivity contribution in [1.29, 1.82) is 0 Å². The summed E-state index contributed by atoms with van der Waals surface area (Å²) in [4.78, 5) is 37.4. The highest BCUT2D eigenvalue weighted by atomic mass is 32.2. The summed E-state index contributed by atoms with van der Waals surface area (Å²) in [6.07, 6.45) is 4.96. The first-order valence-corrected chi connectivity index (χ1v) is 16.6. The number of carbonyl (C=O) groups excluding carboxylic acids is 2. The first-order chi connectivity index (χ1) is 21.2. The largest absolute Gasteiger partial charge is 0.443 e. The van der Waals surface area contributed by atoms with Gasteiger partial charge >= 0.3 is 6.09 Å². The molecular weight excluding hydrogens is 588 g/mol. The molecule has 0 unspecified atom stereocenters. The maximum Gasteiger partial charge on any atom is 0.421 e. The summed E-state index contributed by atoms with van der Waals surface area (Å²) < 4.78 is 29.5. The molecular formula is C35H36N4O5S. The van der Waals surface area contributed by atoms with Crippen molar-refractivity contribution in [2.75, 3.05) is 16.5 Å². The Labute approximate surface area is 264 Å². The van der Waals surface area contributed by atoms with E-state index in [2.05, 4.69) is 27.1 Å². The second kappa shape index (κ2) is 11.6. The summed E-state index contributed by atoms with van der Waals surface area (Å²) >= 11 is 0. The highest BCUT2D eigenvalue weighted by Gasteiger charge is 2.51. The number of rotatable bonds is 5. The molecule has 0 aliphatic carbocycles. The average molecular weight is 625 g/mol. The van der Waals surface area contributed by atoms with Crippen LogP contribution >= 0.6 is 0 Å². The maximum atomic E-state index is 13.7. The second-order valence-electron chi connectivity index (χ2n) is 12.2. The number of fused-ring (bicyclic) bond motifs is 2. The van der Waals surface area contributed by atoms with Crippen LogP contribution in [-0.4, -0.2) is 42.2 Å². The number of aromatic nitrogens is 2. The molecule has 0 saturated carbocycles. The van der Waals surface area contributed by atoms with Gasteiger partial charge in [-0.05, 0) is 100 Å². The van der Waals surface area contributed by atoms with Gasteiger partial charge in [-0.3, -0.25) is 4.79 Å². The Bertz CT molecular complexity index is 2020. The molecule has 0 fully saturated rings. The molecule has 0 saturated heterocycles. The van der Waals surface area contributed by atoms with E-state index >= 15 is 0 Å².